The smallest absolute Gasteiger partial charge is 0.277 e. The average molecular weight is 503 g/mol. The van der Waals surface area contributed by atoms with E-state index in [9.17, 15) is 14.0 Å². The lowest BCUT2D eigenvalue weighted by atomic mass is 10.2. The molecule has 2 N–H and O–H groups in total. The molecule has 0 bridgehead atoms. The molecule has 9 nitrogen and oxygen atoms in total. The number of para-hydroxylation sites is 2. The third kappa shape index (κ3) is 6.79. The Labute approximate surface area is 211 Å². The van der Waals surface area contributed by atoms with E-state index in [2.05, 4.69) is 20.8 Å². The predicted octanol–water partition coefficient (Wildman–Crippen LogP) is 3.93. The maximum Gasteiger partial charge on any atom is 0.277 e. The van der Waals surface area contributed by atoms with Gasteiger partial charge in [-0.25, -0.2) is 9.82 Å². The summed E-state index contributed by atoms with van der Waals surface area (Å²) in [6.45, 7) is -0.601. The van der Waals surface area contributed by atoms with Gasteiger partial charge in [0.2, 0.25) is 0 Å². The molecule has 0 fully saturated rings. The first kappa shape index (κ1) is 25.1. The topological polar surface area (TPSA) is 111 Å². The standard InChI is InChI=1S/C27H23FN4O5/c1-35-23-9-3-6-19(27(23)37-16-24(33)31-21-12-10-20(28)11-13-21)15-30-32-25(34)17-36-22-8-2-5-18-7-4-14-29-26(18)22/h2-15H,16-17H2,1H3,(H,31,33)(H,32,34)/b30-15+. The second kappa shape index (κ2) is 12.1. The van der Waals surface area contributed by atoms with E-state index in [1.165, 1.54) is 37.6 Å². The first-order valence-corrected chi connectivity index (χ1v) is 11.2. The van der Waals surface area contributed by atoms with E-state index in [-0.39, 0.29) is 19.0 Å². The Hall–Kier alpha value is -4.99. The lowest BCUT2D eigenvalue weighted by molar-refractivity contribution is -0.123. The van der Waals surface area contributed by atoms with Crippen LogP contribution in [0.25, 0.3) is 10.9 Å². The molecule has 0 aliphatic carbocycles. The van der Waals surface area contributed by atoms with Crippen molar-refractivity contribution in [2.75, 3.05) is 25.6 Å². The van der Waals surface area contributed by atoms with Crippen molar-refractivity contribution in [3.05, 3.63) is 90.4 Å². The largest absolute Gasteiger partial charge is 0.493 e. The fraction of sp³-hybridized carbons (Fsp3) is 0.111. The van der Waals surface area contributed by atoms with Gasteiger partial charge < -0.3 is 19.5 Å². The summed E-state index contributed by atoms with van der Waals surface area (Å²) in [6, 6.07) is 19.6. The summed E-state index contributed by atoms with van der Waals surface area (Å²) >= 11 is 0. The molecular formula is C27H23FN4O5. The fourth-order valence-corrected chi connectivity index (χ4v) is 3.36. The number of methoxy groups -OCH3 is 1. The van der Waals surface area contributed by atoms with Crippen LogP contribution in [0.3, 0.4) is 0 Å². The summed E-state index contributed by atoms with van der Waals surface area (Å²) in [4.78, 5) is 28.8. The normalized spacial score (nSPS) is 10.8. The zero-order valence-corrected chi connectivity index (χ0v) is 19.8. The predicted molar refractivity (Wildman–Crippen MR) is 136 cm³/mol. The van der Waals surface area contributed by atoms with Gasteiger partial charge in [0.05, 0.1) is 13.3 Å². The van der Waals surface area contributed by atoms with E-state index in [1.54, 1.807) is 30.5 Å². The highest BCUT2D eigenvalue weighted by atomic mass is 19.1. The van der Waals surface area contributed by atoms with Crippen LogP contribution in [0.2, 0.25) is 0 Å². The van der Waals surface area contributed by atoms with Crippen LogP contribution in [-0.2, 0) is 9.59 Å². The van der Waals surface area contributed by atoms with Crippen molar-refractivity contribution in [2.24, 2.45) is 5.10 Å². The van der Waals surface area contributed by atoms with Crippen LogP contribution >= 0.6 is 0 Å². The molecular weight excluding hydrogens is 479 g/mol. The number of nitrogens with one attached hydrogen (secondary N) is 2. The number of anilines is 1. The zero-order chi connectivity index (χ0) is 26.0. The van der Waals surface area contributed by atoms with Gasteiger partial charge in [-0.05, 0) is 48.5 Å². The number of nitrogens with zero attached hydrogens (tertiary/aromatic N) is 2. The number of carbonyl (C=O) groups is 2. The van der Waals surface area contributed by atoms with Crippen molar-refractivity contribution in [1.82, 2.24) is 10.4 Å². The first-order valence-electron chi connectivity index (χ1n) is 11.2. The summed E-state index contributed by atoms with van der Waals surface area (Å²) in [5, 5.41) is 7.47. The number of ether oxygens (including phenoxy) is 3. The van der Waals surface area contributed by atoms with Gasteiger partial charge in [-0.15, -0.1) is 0 Å². The molecule has 188 valence electrons. The second-order valence-corrected chi connectivity index (χ2v) is 7.64. The molecule has 0 saturated carbocycles. The van der Waals surface area contributed by atoms with Gasteiger partial charge in [-0.3, -0.25) is 14.6 Å². The molecule has 37 heavy (non-hydrogen) atoms. The van der Waals surface area contributed by atoms with E-state index in [0.717, 1.165) is 5.39 Å². The van der Waals surface area contributed by atoms with Gasteiger partial charge in [-0.2, -0.15) is 5.10 Å². The number of amides is 2. The van der Waals surface area contributed by atoms with Crippen molar-refractivity contribution in [3.8, 4) is 17.2 Å². The number of pyridine rings is 1. The molecule has 10 heteroatoms. The number of carbonyl (C=O) groups excluding carboxylic acids is 2. The zero-order valence-electron chi connectivity index (χ0n) is 19.8. The van der Waals surface area contributed by atoms with Crippen molar-refractivity contribution >= 4 is 34.6 Å². The van der Waals surface area contributed by atoms with Crippen molar-refractivity contribution in [1.29, 1.82) is 0 Å². The van der Waals surface area contributed by atoms with Gasteiger partial charge in [0, 0.05) is 22.8 Å². The molecule has 1 heterocycles. The number of benzene rings is 3. The Balaban J connectivity index is 1.35. The summed E-state index contributed by atoms with van der Waals surface area (Å²) < 4.78 is 29.7. The van der Waals surface area contributed by atoms with Gasteiger partial charge in [-0.1, -0.05) is 24.3 Å². The highest BCUT2D eigenvalue weighted by Crippen LogP contribution is 2.30. The fourth-order valence-electron chi connectivity index (χ4n) is 3.36. The van der Waals surface area contributed by atoms with E-state index >= 15 is 0 Å². The lowest BCUT2D eigenvalue weighted by Gasteiger charge is -2.13. The minimum atomic E-state index is -0.478. The highest BCUT2D eigenvalue weighted by molar-refractivity contribution is 5.92. The first-order chi connectivity index (χ1) is 18.0. The molecule has 2 amide bonds. The maximum absolute atomic E-state index is 13.1. The van der Waals surface area contributed by atoms with E-state index in [1.807, 2.05) is 24.3 Å². The molecule has 4 aromatic rings. The Bertz CT molecular complexity index is 1420. The highest BCUT2D eigenvalue weighted by Gasteiger charge is 2.13. The summed E-state index contributed by atoms with van der Waals surface area (Å²) in [5.41, 5.74) is 3.95. The molecule has 0 saturated heterocycles. The Morgan fingerprint density at radius 1 is 0.919 bits per heavy atom. The summed E-state index contributed by atoms with van der Waals surface area (Å²) in [7, 11) is 1.46. The molecule has 3 aromatic carbocycles. The molecule has 0 spiro atoms. The number of hydrazone groups is 1. The quantitative estimate of drug-likeness (QED) is 0.251. The van der Waals surface area contributed by atoms with E-state index < -0.39 is 17.6 Å². The number of hydrogen-bond donors (Lipinski definition) is 2. The molecule has 0 unspecified atom stereocenters. The molecule has 0 radical (unpaired) electrons. The average Bonchev–Trinajstić information content (AvgIpc) is 2.92. The van der Waals surface area contributed by atoms with Crippen LogP contribution in [0.15, 0.2) is 84.1 Å². The Morgan fingerprint density at radius 3 is 2.46 bits per heavy atom. The monoisotopic (exact) mass is 502 g/mol. The summed E-state index contributed by atoms with van der Waals surface area (Å²) in [5.74, 6) is -0.218. The van der Waals surface area contributed by atoms with Crippen LogP contribution in [-0.4, -0.2) is 43.3 Å². The number of hydrogen-bond acceptors (Lipinski definition) is 7. The van der Waals surface area contributed by atoms with Crippen LogP contribution in [0.5, 0.6) is 17.2 Å². The minimum absolute atomic E-state index is 0.260. The number of rotatable bonds is 10. The van der Waals surface area contributed by atoms with Crippen LogP contribution < -0.4 is 25.0 Å². The van der Waals surface area contributed by atoms with Crippen molar-refractivity contribution < 1.29 is 28.2 Å². The van der Waals surface area contributed by atoms with Crippen molar-refractivity contribution in [2.45, 2.75) is 0 Å². The van der Waals surface area contributed by atoms with E-state index in [4.69, 9.17) is 14.2 Å². The van der Waals surface area contributed by atoms with Gasteiger partial charge >= 0.3 is 0 Å². The third-order valence-corrected chi connectivity index (χ3v) is 5.05. The lowest BCUT2D eigenvalue weighted by Crippen LogP contribution is -2.24. The number of halogens is 1. The van der Waals surface area contributed by atoms with Gasteiger partial charge in [0.25, 0.3) is 11.8 Å². The number of fused-ring (bicyclic) bond motifs is 1. The minimum Gasteiger partial charge on any atom is -0.493 e. The third-order valence-electron chi connectivity index (χ3n) is 5.05. The second-order valence-electron chi connectivity index (χ2n) is 7.64. The van der Waals surface area contributed by atoms with E-state index in [0.29, 0.717) is 28.3 Å². The molecule has 0 atom stereocenters. The van der Waals surface area contributed by atoms with Crippen LogP contribution in [0.1, 0.15) is 5.56 Å². The van der Waals surface area contributed by atoms with Crippen molar-refractivity contribution in [3.63, 3.8) is 0 Å². The molecule has 4 rings (SSSR count). The van der Waals surface area contributed by atoms with Crippen LogP contribution in [0, 0.1) is 5.82 Å². The Morgan fingerprint density at radius 2 is 1.65 bits per heavy atom. The SMILES string of the molecule is COc1cccc(/C=N/NC(=O)COc2cccc3cccnc23)c1OCC(=O)Nc1ccc(F)cc1. The maximum atomic E-state index is 13.1. The van der Waals surface area contributed by atoms with Crippen LogP contribution in [0.4, 0.5) is 10.1 Å². The number of aromatic nitrogens is 1. The molecule has 0 aliphatic heterocycles. The Kier molecular flexibility index (Phi) is 8.22. The van der Waals surface area contributed by atoms with Gasteiger partial charge in [0.15, 0.2) is 24.7 Å². The van der Waals surface area contributed by atoms with Gasteiger partial charge in [0.1, 0.15) is 17.1 Å². The molecule has 1 aromatic heterocycles. The molecule has 0 aliphatic rings. The summed E-state index contributed by atoms with van der Waals surface area (Å²) in [6.07, 6.45) is 3.02.